The number of aromatic amines is 1. The van der Waals surface area contributed by atoms with E-state index in [0.29, 0.717) is 5.56 Å². The van der Waals surface area contributed by atoms with Crippen LogP contribution in [0.2, 0.25) is 0 Å². The highest BCUT2D eigenvalue weighted by atomic mass is 16.3. The predicted molar refractivity (Wildman–Crippen MR) is 115 cm³/mol. The molecule has 0 fully saturated rings. The van der Waals surface area contributed by atoms with Gasteiger partial charge < -0.3 is 19.6 Å². The molecule has 2 aliphatic rings. The lowest BCUT2D eigenvalue weighted by molar-refractivity contribution is 0.0969. The molecule has 1 amide bonds. The lowest BCUT2D eigenvalue weighted by Crippen LogP contribution is -2.22. The average Bonchev–Trinajstić information content (AvgIpc) is 3.27. The molecule has 2 aliphatic carbocycles. The van der Waals surface area contributed by atoms with Crippen molar-refractivity contribution in [1.82, 2.24) is 15.2 Å². The quantitative estimate of drug-likeness (QED) is 0.731. The average molecular weight is 383 g/mol. The molecule has 2 heterocycles. The van der Waals surface area contributed by atoms with Crippen molar-refractivity contribution in [3.8, 4) is 0 Å². The molecule has 5 nitrogen and oxygen atoms in total. The van der Waals surface area contributed by atoms with Crippen LogP contribution >= 0.6 is 0 Å². The maximum atomic E-state index is 13.0. The second-order valence-corrected chi connectivity index (χ2v) is 7.45. The molecule has 2 N–H and O–H groups in total. The smallest absolute Gasteiger partial charge is 0.257 e. The molecule has 0 saturated heterocycles. The summed E-state index contributed by atoms with van der Waals surface area (Å²) in [6.45, 7) is 0. The van der Waals surface area contributed by atoms with Crippen molar-refractivity contribution in [2.75, 3.05) is 14.1 Å². The summed E-state index contributed by atoms with van der Waals surface area (Å²) in [6.07, 6.45) is 14.5. The Kier molecular flexibility index (Phi) is 4.02. The molecule has 29 heavy (non-hydrogen) atoms. The summed E-state index contributed by atoms with van der Waals surface area (Å²) in [6, 6.07) is 7.67. The second-order valence-electron chi connectivity index (χ2n) is 7.45. The van der Waals surface area contributed by atoms with E-state index in [1.165, 1.54) is 5.70 Å². The van der Waals surface area contributed by atoms with Crippen LogP contribution in [-0.4, -0.2) is 29.9 Å². The minimum atomic E-state index is -0.143. The van der Waals surface area contributed by atoms with Gasteiger partial charge in [-0.1, -0.05) is 18.2 Å². The molecule has 3 aromatic rings. The molecular weight excluding hydrogens is 362 g/mol. The normalized spacial score (nSPS) is 14.7. The van der Waals surface area contributed by atoms with Crippen LogP contribution in [0.3, 0.4) is 0 Å². The van der Waals surface area contributed by atoms with Gasteiger partial charge in [-0.15, -0.1) is 0 Å². The largest absolute Gasteiger partial charge is 0.456 e. The molecule has 0 spiro atoms. The topological polar surface area (TPSA) is 61.3 Å². The lowest BCUT2D eigenvalue weighted by atomic mass is 10.0. The molecule has 2 aromatic heterocycles. The number of aromatic nitrogens is 1. The van der Waals surface area contributed by atoms with E-state index in [9.17, 15) is 4.79 Å². The lowest BCUT2D eigenvalue weighted by Gasteiger charge is -2.18. The van der Waals surface area contributed by atoms with Crippen LogP contribution in [-0.2, 0) is 6.42 Å². The number of carbonyl (C=O) groups excluding carboxylic acids is 1. The number of likely N-dealkylation sites (N-methyl/N-ethyl adjacent to an activating group) is 1. The third kappa shape index (κ3) is 3.01. The maximum absolute atomic E-state index is 13.0. The monoisotopic (exact) mass is 383 g/mol. The molecule has 0 unspecified atom stereocenters. The van der Waals surface area contributed by atoms with Crippen molar-refractivity contribution in [3.63, 3.8) is 0 Å². The zero-order chi connectivity index (χ0) is 20.0. The highest BCUT2D eigenvalue weighted by Gasteiger charge is 2.18. The van der Waals surface area contributed by atoms with Gasteiger partial charge >= 0.3 is 0 Å². The fraction of sp³-hybridized carbons (Fsp3) is 0.125. The number of benzene rings is 1. The molecular formula is C24H21N3O2. The third-order valence-electron chi connectivity index (χ3n) is 5.38. The SMILES string of the molecule is CN(C)C1=CC=c2oc3c(c2C1)C=C(NC(=O)c1cccc2cc[nH]c12)C=CC=3. The Morgan fingerprint density at radius 1 is 1.14 bits per heavy atom. The van der Waals surface area contributed by atoms with Gasteiger partial charge in [0.1, 0.15) is 10.8 Å². The van der Waals surface area contributed by atoms with Crippen molar-refractivity contribution in [2.45, 2.75) is 6.42 Å². The number of H-pyrrole nitrogens is 1. The zero-order valence-corrected chi connectivity index (χ0v) is 16.3. The van der Waals surface area contributed by atoms with Crippen LogP contribution in [0.5, 0.6) is 0 Å². The Bertz CT molecular complexity index is 1350. The molecule has 5 rings (SSSR count). The number of furan rings is 1. The Morgan fingerprint density at radius 3 is 2.90 bits per heavy atom. The van der Waals surface area contributed by atoms with Crippen molar-refractivity contribution in [3.05, 3.63) is 87.6 Å². The number of para-hydroxylation sites is 1. The van der Waals surface area contributed by atoms with E-state index >= 15 is 0 Å². The molecule has 1 aromatic carbocycles. The van der Waals surface area contributed by atoms with E-state index in [0.717, 1.165) is 45.0 Å². The van der Waals surface area contributed by atoms with Crippen LogP contribution in [0.15, 0.2) is 64.5 Å². The summed E-state index contributed by atoms with van der Waals surface area (Å²) in [5.41, 5.74) is 7.26. The Balaban J connectivity index is 1.50. The molecule has 0 bridgehead atoms. The van der Waals surface area contributed by atoms with E-state index in [1.807, 2.05) is 74.9 Å². The van der Waals surface area contributed by atoms with Gasteiger partial charge in [0.25, 0.3) is 5.91 Å². The van der Waals surface area contributed by atoms with Crippen molar-refractivity contribution < 1.29 is 9.21 Å². The van der Waals surface area contributed by atoms with E-state index in [4.69, 9.17) is 4.42 Å². The fourth-order valence-corrected chi connectivity index (χ4v) is 3.83. The summed E-state index contributed by atoms with van der Waals surface area (Å²) in [4.78, 5) is 18.2. The van der Waals surface area contributed by atoms with Crippen molar-refractivity contribution >= 4 is 35.0 Å². The summed E-state index contributed by atoms with van der Waals surface area (Å²) >= 11 is 0. The first-order chi connectivity index (χ1) is 14.1. The van der Waals surface area contributed by atoms with Crippen molar-refractivity contribution in [1.29, 1.82) is 0 Å². The number of amides is 1. The molecule has 0 radical (unpaired) electrons. The predicted octanol–water partition coefficient (Wildman–Crippen LogP) is 2.66. The number of hydrogen-bond donors (Lipinski definition) is 2. The summed E-state index contributed by atoms with van der Waals surface area (Å²) in [5.74, 6) is -0.143. The summed E-state index contributed by atoms with van der Waals surface area (Å²) in [5, 5.41) is 4.06. The van der Waals surface area contributed by atoms with Crippen LogP contribution < -0.4 is 16.1 Å². The Morgan fingerprint density at radius 2 is 2.03 bits per heavy atom. The van der Waals surface area contributed by atoms with Gasteiger partial charge in [-0.05, 0) is 42.5 Å². The number of fused-ring (bicyclic) bond motifs is 4. The number of nitrogens with one attached hydrogen (secondary N) is 2. The van der Waals surface area contributed by atoms with Gasteiger partial charge in [0.2, 0.25) is 0 Å². The third-order valence-corrected chi connectivity index (χ3v) is 5.38. The van der Waals surface area contributed by atoms with E-state index < -0.39 is 0 Å². The summed E-state index contributed by atoms with van der Waals surface area (Å²) < 4.78 is 6.03. The molecule has 0 aliphatic heterocycles. The van der Waals surface area contributed by atoms with Gasteiger partial charge in [-0.25, -0.2) is 0 Å². The molecule has 0 atom stereocenters. The highest BCUT2D eigenvalue weighted by Crippen LogP contribution is 2.19. The van der Waals surface area contributed by atoms with Crippen LogP contribution in [0, 0.1) is 0 Å². The number of nitrogens with zero attached hydrogens (tertiary/aromatic N) is 1. The van der Waals surface area contributed by atoms with E-state index in [-0.39, 0.29) is 5.91 Å². The van der Waals surface area contributed by atoms with E-state index in [1.54, 1.807) is 0 Å². The van der Waals surface area contributed by atoms with Crippen LogP contribution in [0.25, 0.3) is 29.1 Å². The molecule has 5 heteroatoms. The first-order valence-corrected chi connectivity index (χ1v) is 9.57. The molecule has 0 saturated carbocycles. The first-order valence-electron chi connectivity index (χ1n) is 9.57. The molecule has 144 valence electrons. The maximum Gasteiger partial charge on any atom is 0.257 e. The number of allylic oxidation sites excluding steroid dienone is 4. The fourth-order valence-electron chi connectivity index (χ4n) is 3.83. The first kappa shape index (κ1) is 17.4. The van der Waals surface area contributed by atoms with Gasteiger partial charge in [-0.2, -0.15) is 0 Å². The number of rotatable bonds is 3. The van der Waals surface area contributed by atoms with Crippen LogP contribution in [0.1, 0.15) is 21.5 Å². The van der Waals surface area contributed by atoms with Gasteiger partial charge in [0, 0.05) is 54.6 Å². The Hall–Kier alpha value is -3.73. The van der Waals surface area contributed by atoms with Crippen molar-refractivity contribution in [2.24, 2.45) is 0 Å². The minimum Gasteiger partial charge on any atom is -0.456 e. The number of hydrogen-bond acceptors (Lipinski definition) is 3. The minimum absolute atomic E-state index is 0.143. The highest BCUT2D eigenvalue weighted by molar-refractivity contribution is 6.06. The summed E-state index contributed by atoms with van der Waals surface area (Å²) in [7, 11) is 4.08. The standard InChI is InChI=1S/C24H21N3O2/c1-27(2)17-9-10-22-20(14-17)19-13-16(6-4-8-21(19)29-22)26-24(28)18-7-3-5-15-11-12-25-23(15)18/h3-13,25H,14H2,1-2H3,(H,26,28). The van der Waals surface area contributed by atoms with Gasteiger partial charge in [0.05, 0.1) is 11.1 Å². The Labute approximate surface area is 168 Å². The van der Waals surface area contributed by atoms with Gasteiger partial charge in [0.15, 0.2) is 0 Å². The zero-order valence-electron chi connectivity index (χ0n) is 16.3. The second kappa shape index (κ2) is 6.71. The number of carbonyl (C=O) groups is 1. The van der Waals surface area contributed by atoms with Gasteiger partial charge in [-0.3, -0.25) is 4.79 Å². The van der Waals surface area contributed by atoms with E-state index in [2.05, 4.69) is 21.3 Å². The van der Waals surface area contributed by atoms with Crippen LogP contribution in [0.4, 0.5) is 0 Å².